The van der Waals surface area contributed by atoms with Crippen LogP contribution in [0.5, 0.6) is 0 Å². The summed E-state index contributed by atoms with van der Waals surface area (Å²) in [5, 5.41) is 25.3. The number of hydrogen-bond acceptors (Lipinski definition) is 6. The molecule has 0 heterocycles. The number of amides is 2. The van der Waals surface area contributed by atoms with Crippen molar-refractivity contribution in [2.24, 2.45) is 0 Å². The van der Waals surface area contributed by atoms with Gasteiger partial charge in [-0.05, 0) is 24.1 Å². The van der Waals surface area contributed by atoms with E-state index in [0.29, 0.717) is 6.54 Å². The summed E-state index contributed by atoms with van der Waals surface area (Å²) in [7, 11) is 0. The zero-order valence-electron chi connectivity index (χ0n) is 14.9. The van der Waals surface area contributed by atoms with Crippen molar-refractivity contribution in [2.45, 2.75) is 31.5 Å². The van der Waals surface area contributed by atoms with Crippen LogP contribution in [0.25, 0.3) is 0 Å². The molecule has 2 atom stereocenters. The van der Waals surface area contributed by atoms with Crippen molar-refractivity contribution in [1.82, 2.24) is 16.0 Å². The fourth-order valence-electron chi connectivity index (χ4n) is 2.18. The molecular formula is C17H22BrN3O6S. The van der Waals surface area contributed by atoms with Crippen molar-refractivity contribution < 1.29 is 29.4 Å². The predicted octanol–water partition coefficient (Wildman–Crippen LogP) is 0.388. The molecule has 0 aliphatic heterocycles. The van der Waals surface area contributed by atoms with E-state index >= 15 is 0 Å². The van der Waals surface area contributed by atoms with E-state index in [4.69, 9.17) is 5.11 Å². The van der Waals surface area contributed by atoms with Gasteiger partial charge in [0.1, 0.15) is 18.6 Å². The van der Waals surface area contributed by atoms with Gasteiger partial charge in [-0.2, -0.15) is 12.6 Å². The number of carbonyl (C=O) groups excluding carboxylic acids is 2. The van der Waals surface area contributed by atoms with Crippen LogP contribution in [-0.2, 0) is 25.7 Å². The third kappa shape index (κ3) is 9.20. The Morgan fingerprint density at radius 2 is 1.71 bits per heavy atom. The van der Waals surface area contributed by atoms with Crippen LogP contribution in [0.4, 0.5) is 0 Å². The zero-order chi connectivity index (χ0) is 21.1. The molecule has 0 radical (unpaired) electrons. The Hall–Kier alpha value is -2.11. The minimum Gasteiger partial charge on any atom is -0.480 e. The maximum absolute atomic E-state index is 12.0. The van der Waals surface area contributed by atoms with E-state index < -0.39 is 42.4 Å². The van der Waals surface area contributed by atoms with Crippen molar-refractivity contribution in [3.05, 3.63) is 34.3 Å². The highest BCUT2D eigenvalue weighted by molar-refractivity contribution is 9.10. The topological polar surface area (TPSA) is 145 Å². The average Bonchev–Trinajstić information content (AvgIpc) is 2.65. The van der Waals surface area contributed by atoms with Crippen molar-refractivity contribution >= 4 is 52.3 Å². The Kier molecular flexibility index (Phi) is 10.6. The second-order valence-corrected chi connectivity index (χ2v) is 7.13. The summed E-state index contributed by atoms with van der Waals surface area (Å²) in [4.78, 5) is 45.7. The van der Waals surface area contributed by atoms with Gasteiger partial charge in [0.25, 0.3) is 0 Å². The van der Waals surface area contributed by atoms with Crippen LogP contribution in [0.3, 0.4) is 0 Å². The number of aliphatic carboxylic acids is 2. The lowest BCUT2D eigenvalue weighted by Gasteiger charge is -2.17. The molecule has 0 saturated heterocycles. The van der Waals surface area contributed by atoms with Crippen molar-refractivity contribution in [3.8, 4) is 0 Å². The van der Waals surface area contributed by atoms with Crippen LogP contribution in [0, 0.1) is 0 Å². The normalized spacial score (nSPS) is 12.6. The summed E-state index contributed by atoms with van der Waals surface area (Å²) >= 11 is 7.28. The van der Waals surface area contributed by atoms with Crippen LogP contribution in [0.15, 0.2) is 28.7 Å². The van der Waals surface area contributed by atoms with Gasteiger partial charge in [-0.3, -0.25) is 19.2 Å². The van der Waals surface area contributed by atoms with Gasteiger partial charge in [0.2, 0.25) is 11.8 Å². The molecule has 0 spiro atoms. The number of halogens is 1. The molecule has 0 aliphatic rings. The van der Waals surface area contributed by atoms with Gasteiger partial charge in [0.15, 0.2) is 0 Å². The van der Waals surface area contributed by atoms with Gasteiger partial charge in [-0.25, -0.2) is 0 Å². The fourth-order valence-corrected chi connectivity index (χ4v) is 2.70. The molecule has 0 saturated carbocycles. The van der Waals surface area contributed by atoms with E-state index in [0.717, 1.165) is 10.0 Å². The standard InChI is InChI=1S/C17H22BrN3O6S/c18-11-3-1-10(2-4-11)7-19-12(17(26)27)5-6-14(22)21-13(9-28)16(25)20-8-15(23)24/h1-4,12-13,19,28H,5-9H2,(H,20,25)(H,21,22)(H,23,24)(H,26,27)/t12-,13-/m0/s1. The van der Waals surface area contributed by atoms with Crippen molar-refractivity contribution in [2.75, 3.05) is 12.3 Å². The predicted molar refractivity (Wildman–Crippen MR) is 108 cm³/mol. The Bertz CT molecular complexity index is 701. The summed E-state index contributed by atoms with van der Waals surface area (Å²) in [5.41, 5.74) is 0.893. The Morgan fingerprint density at radius 3 is 2.25 bits per heavy atom. The van der Waals surface area contributed by atoms with Crippen molar-refractivity contribution in [1.29, 1.82) is 0 Å². The smallest absolute Gasteiger partial charge is 0.322 e. The first-order chi connectivity index (χ1) is 13.2. The third-order valence-electron chi connectivity index (χ3n) is 3.67. The molecule has 1 rings (SSSR count). The molecule has 2 amide bonds. The maximum atomic E-state index is 12.0. The number of carbonyl (C=O) groups is 4. The van der Waals surface area contributed by atoms with Crippen molar-refractivity contribution in [3.63, 3.8) is 0 Å². The number of rotatable bonds is 12. The molecule has 0 bridgehead atoms. The molecule has 0 aliphatic carbocycles. The van der Waals surface area contributed by atoms with Crippen LogP contribution >= 0.6 is 28.6 Å². The fraction of sp³-hybridized carbons (Fsp3) is 0.412. The molecule has 154 valence electrons. The van der Waals surface area contributed by atoms with E-state index in [1.807, 2.05) is 24.3 Å². The SMILES string of the molecule is O=C(O)CNC(=O)[C@H](CS)NC(=O)CC[C@H](NCc1ccc(Br)cc1)C(=O)O. The van der Waals surface area contributed by atoms with Crippen LogP contribution < -0.4 is 16.0 Å². The van der Waals surface area contributed by atoms with Gasteiger partial charge in [0, 0.05) is 23.2 Å². The summed E-state index contributed by atoms with van der Waals surface area (Å²) in [6.45, 7) is -0.247. The Morgan fingerprint density at radius 1 is 1.07 bits per heavy atom. The highest BCUT2D eigenvalue weighted by Gasteiger charge is 2.22. The number of nitrogens with one attached hydrogen (secondary N) is 3. The highest BCUT2D eigenvalue weighted by atomic mass is 79.9. The van der Waals surface area contributed by atoms with Crippen LogP contribution in [0.1, 0.15) is 18.4 Å². The molecule has 11 heteroatoms. The first-order valence-electron chi connectivity index (χ1n) is 8.33. The van der Waals surface area contributed by atoms with Gasteiger partial charge >= 0.3 is 11.9 Å². The minimum atomic E-state index is -1.21. The van der Waals surface area contributed by atoms with Crippen LogP contribution in [-0.4, -0.2) is 58.3 Å². The van der Waals surface area contributed by atoms with Gasteiger partial charge in [-0.1, -0.05) is 28.1 Å². The third-order valence-corrected chi connectivity index (χ3v) is 4.57. The number of carboxylic acid groups (broad SMARTS) is 2. The maximum Gasteiger partial charge on any atom is 0.322 e. The Balaban J connectivity index is 2.49. The van der Waals surface area contributed by atoms with Gasteiger partial charge < -0.3 is 26.2 Å². The quantitative estimate of drug-likeness (QED) is 0.240. The molecule has 5 N–H and O–H groups in total. The summed E-state index contributed by atoms with van der Waals surface area (Å²) in [5.74, 6) is -3.52. The van der Waals surface area contributed by atoms with E-state index in [1.54, 1.807) is 0 Å². The first kappa shape index (κ1) is 23.9. The van der Waals surface area contributed by atoms with Gasteiger partial charge in [-0.15, -0.1) is 0 Å². The molecule has 0 fully saturated rings. The lowest BCUT2D eigenvalue weighted by Crippen LogP contribution is -2.49. The molecule has 1 aromatic carbocycles. The highest BCUT2D eigenvalue weighted by Crippen LogP contribution is 2.11. The average molecular weight is 476 g/mol. The number of thiol groups is 1. The molecule has 28 heavy (non-hydrogen) atoms. The molecule has 0 aromatic heterocycles. The lowest BCUT2D eigenvalue weighted by molar-refractivity contribution is -0.140. The molecular weight excluding hydrogens is 454 g/mol. The second kappa shape index (κ2) is 12.4. The molecule has 1 aromatic rings. The minimum absolute atomic E-state index is 0.0216. The number of hydrogen-bond donors (Lipinski definition) is 6. The van der Waals surface area contributed by atoms with E-state index in [9.17, 15) is 24.3 Å². The van der Waals surface area contributed by atoms with Gasteiger partial charge in [0.05, 0.1) is 0 Å². The Labute approximate surface area is 175 Å². The number of benzene rings is 1. The van der Waals surface area contributed by atoms with Crippen LogP contribution in [0.2, 0.25) is 0 Å². The lowest BCUT2D eigenvalue weighted by atomic mass is 10.1. The zero-order valence-corrected chi connectivity index (χ0v) is 17.3. The second-order valence-electron chi connectivity index (χ2n) is 5.85. The summed E-state index contributed by atoms with van der Waals surface area (Å²) in [6.07, 6.45) is -0.103. The van der Waals surface area contributed by atoms with E-state index in [-0.39, 0.29) is 18.6 Å². The summed E-state index contributed by atoms with van der Waals surface area (Å²) in [6, 6.07) is 5.42. The van der Waals surface area contributed by atoms with E-state index in [2.05, 4.69) is 44.5 Å². The summed E-state index contributed by atoms with van der Waals surface area (Å²) < 4.78 is 0.911. The first-order valence-corrected chi connectivity index (χ1v) is 9.75. The number of carboxylic acids is 2. The monoisotopic (exact) mass is 475 g/mol. The van der Waals surface area contributed by atoms with E-state index in [1.165, 1.54) is 0 Å². The molecule has 9 nitrogen and oxygen atoms in total. The largest absolute Gasteiger partial charge is 0.480 e. The molecule has 0 unspecified atom stereocenters.